The van der Waals surface area contributed by atoms with E-state index in [1.54, 1.807) is 0 Å². The molecule has 168 valence electrons. The fourth-order valence-corrected chi connectivity index (χ4v) is 7.07. The zero-order chi connectivity index (χ0) is 22.8. The zero-order valence-corrected chi connectivity index (χ0v) is 21.3. The molecule has 33 heavy (non-hydrogen) atoms. The Balaban J connectivity index is 1.42. The molecule has 0 atom stereocenters. The van der Waals surface area contributed by atoms with Gasteiger partial charge in [-0.25, -0.2) is 0 Å². The van der Waals surface area contributed by atoms with Crippen LogP contribution >= 0.6 is 23.1 Å². The number of aromatic nitrogens is 1. The first-order chi connectivity index (χ1) is 16.2. The number of aryl methyl sites for hydroxylation is 1. The second-order valence-corrected chi connectivity index (χ2v) is 10.6. The van der Waals surface area contributed by atoms with Gasteiger partial charge in [-0.05, 0) is 81.0 Å². The minimum Gasteiger partial charge on any atom is -0.335 e. The number of allylic oxidation sites excluding steroid dienone is 6. The van der Waals surface area contributed by atoms with Crippen molar-refractivity contribution in [2.45, 2.75) is 51.5 Å². The molecule has 0 radical (unpaired) electrons. The summed E-state index contributed by atoms with van der Waals surface area (Å²) in [6, 6.07) is 17.4. The lowest BCUT2D eigenvalue weighted by molar-refractivity contribution is -0.665. The average Bonchev–Trinajstić information content (AvgIpc) is 3.39. The maximum Gasteiger partial charge on any atom is 0.262 e. The van der Waals surface area contributed by atoms with Crippen LogP contribution in [0.3, 0.4) is 0 Å². The minimum absolute atomic E-state index is 0.994. The third-order valence-corrected chi connectivity index (χ3v) is 8.88. The number of rotatable bonds is 5. The van der Waals surface area contributed by atoms with Gasteiger partial charge in [0, 0.05) is 23.6 Å². The SMILES string of the molecule is CCN1C(=CC=C2CCCC(C=Cc3sc4ccccc4[n+]3CC)=C2C)Sc2ccccc21. The fraction of sp³-hybridized carbons (Fsp3) is 0.276. The minimum atomic E-state index is 0.994. The van der Waals surface area contributed by atoms with E-state index in [4.69, 9.17) is 0 Å². The molecule has 0 saturated heterocycles. The molecule has 3 aromatic rings. The molecule has 2 heterocycles. The second-order valence-electron chi connectivity index (χ2n) is 8.50. The van der Waals surface area contributed by atoms with E-state index in [-0.39, 0.29) is 0 Å². The Labute approximate surface area is 205 Å². The van der Waals surface area contributed by atoms with Crippen LogP contribution in [-0.2, 0) is 6.54 Å². The van der Waals surface area contributed by atoms with Crippen LogP contribution in [0.15, 0.2) is 93.4 Å². The number of nitrogens with zero attached hydrogens (tertiary/aromatic N) is 2. The summed E-state index contributed by atoms with van der Waals surface area (Å²) in [7, 11) is 0. The average molecular weight is 472 g/mol. The van der Waals surface area contributed by atoms with Gasteiger partial charge in [-0.1, -0.05) is 59.5 Å². The number of benzene rings is 2. The summed E-state index contributed by atoms with van der Waals surface area (Å²) in [5, 5.41) is 2.66. The lowest BCUT2D eigenvalue weighted by atomic mass is 9.88. The van der Waals surface area contributed by atoms with Crippen LogP contribution in [-0.4, -0.2) is 6.54 Å². The molecule has 2 nitrogen and oxygen atoms in total. The van der Waals surface area contributed by atoms with Gasteiger partial charge in [0.05, 0.1) is 10.7 Å². The van der Waals surface area contributed by atoms with Crippen molar-refractivity contribution >= 4 is 45.1 Å². The van der Waals surface area contributed by atoms with Crippen LogP contribution in [0.4, 0.5) is 5.69 Å². The maximum atomic E-state index is 2.42. The van der Waals surface area contributed by atoms with Crippen molar-refractivity contribution < 1.29 is 4.57 Å². The highest BCUT2D eigenvalue weighted by Gasteiger charge is 2.23. The normalized spacial score (nSPS) is 18.9. The van der Waals surface area contributed by atoms with Crippen molar-refractivity contribution in [1.82, 2.24) is 0 Å². The van der Waals surface area contributed by atoms with Crippen LogP contribution in [0.25, 0.3) is 16.3 Å². The monoisotopic (exact) mass is 471 g/mol. The molecule has 5 rings (SSSR count). The van der Waals surface area contributed by atoms with Gasteiger partial charge in [0.15, 0.2) is 0 Å². The van der Waals surface area contributed by atoms with Crippen LogP contribution in [0.1, 0.15) is 45.0 Å². The van der Waals surface area contributed by atoms with Crippen molar-refractivity contribution in [3.63, 3.8) is 0 Å². The van der Waals surface area contributed by atoms with E-state index in [1.165, 1.54) is 54.0 Å². The van der Waals surface area contributed by atoms with Crippen molar-refractivity contribution in [1.29, 1.82) is 0 Å². The Morgan fingerprint density at radius 3 is 2.64 bits per heavy atom. The van der Waals surface area contributed by atoms with Gasteiger partial charge in [0.2, 0.25) is 5.52 Å². The molecule has 2 aliphatic rings. The summed E-state index contributed by atoms with van der Waals surface area (Å²) in [6.45, 7) is 8.75. The summed E-state index contributed by atoms with van der Waals surface area (Å²) in [5.41, 5.74) is 7.06. The van der Waals surface area contributed by atoms with Crippen LogP contribution < -0.4 is 9.47 Å². The van der Waals surface area contributed by atoms with Crippen molar-refractivity contribution in [3.8, 4) is 0 Å². The summed E-state index contributed by atoms with van der Waals surface area (Å²) in [5.74, 6) is 0. The van der Waals surface area contributed by atoms with E-state index in [2.05, 4.69) is 103 Å². The van der Waals surface area contributed by atoms with E-state index in [1.807, 2.05) is 23.1 Å². The predicted molar refractivity (Wildman–Crippen MR) is 145 cm³/mol. The van der Waals surface area contributed by atoms with Crippen LogP contribution in [0.5, 0.6) is 0 Å². The lowest BCUT2D eigenvalue weighted by Crippen LogP contribution is -2.33. The van der Waals surface area contributed by atoms with Crippen LogP contribution in [0, 0.1) is 0 Å². The molecule has 2 aromatic carbocycles. The van der Waals surface area contributed by atoms with Gasteiger partial charge in [-0.2, -0.15) is 4.57 Å². The van der Waals surface area contributed by atoms with Gasteiger partial charge in [-0.15, -0.1) is 0 Å². The largest absolute Gasteiger partial charge is 0.335 e. The number of para-hydroxylation sites is 2. The molecule has 0 bridgehead atoms. The number of thioether (sulfide) groups is 1. The van der Waals surface area contributed by atoms with Gasteiger partial charge < -0.3 is 4.90 Å². The number of fused-ring (bicyclic) bond motifs is 2. The molecule has 0 unspecified atom stereocenters. The molecule has 0 saturated carbocycles. The van der Waals surface area contributed by atoms with E-state index in [0.29, 0.717) is 0 Å². The smallest absolute Gasteiger partial charge is 0.262 e. The molecule has 0 spiro atoms. The molecule has 1 aliphatic heterocycles. The predicted octanol–water partition coefficient (Wildman–Crippen LogP) is 8.12. The summed E-state index contributed by atoms with van der Waals surface area (Å²) >= 11 is 3.77. The summed E-state index contributed by atoms with van der Waals surface area (Å²) in [6.07, 6.45) is 12.9. The number of anilines is 1. The topological polar surface area (TPSA) is 7.12 Å². The second kappa shape index (κ2) is 9.74. The first kappa shape index (κ1) is 22.2. The van der Waals surface area contributed by atoms with Crippen molar-refractivity contribution in [3.05, 3.63) is 93.5 Å². The first-order valence-electron chi connectivity index (χ1n) is 11.9. The molecule has 0 N–H and O–H groups in total. The third-order valence-electron chi connectivity index (χ3n) is 6.62. The Morgan fingerprint density at radius 1 is 0.970 bits per heavy atom. The quantitative estimate of drug-likeness (QED) is 0.347. The number of thiazole rings is 1. The van der Waals surface area contributed by atoms with Crippen molar-refractivity contribution in [2.75, 3.05) is 11.4 Å². The lowest BCUT2D eigenvalue weighted by Gasteiger charge is -2.20. The Bertz CT molecular complexity index is 1310. The summed E-state index contributed by atoms with van der Waals surface area (Å²) < 4.78 is 3.78. The molecular weight excluding hydrogens is 440 g/mol. The van der Waals surface area contributed by atoms with Crippen molar-refractivity contribution in [2.24, 2.45) is 0 Å². The first-order valence-corrected chi connectivity index (χ1v) is 13.6. The van der Waals surface area contributed by atoms with Gasteiger partial charge >= 0.3 is 0 Å². The van der Waals surface area contributed by atoms with E-state index in [0.717, 1.165) is 25.9 Å². The standard InChI is InChI=1S/C29H31N2S2/c1-4-30-24-13-6-8-15-26(24)32-28(30)19-17-22-11-10-12-23(21(22)3)18-20-29-31(5-2)25-14-7-9-16-27(25)33-29/h6-9,13-20H,4-5,10-12H2,1-3H3/q+1. The Kier molecular flexibility index (Phi) is 6.57. The number of hydrogen-bond acceptors (Lipinski definition) is 3. The van der Waals surface area contributed by atoms with Gasteiger partial charge in [-0.3, -0.25) is 0 Å². The van der Waals surface area contributed by atoms with Crippen LogP contribution in [0.2, 0.25) is 0 Å². The van der Waals surface area contributed by atoms with E-state index in [9.17, 15) is 0 Å². The highest BCUT2D eigenvalue weighted by atomic mass is 32.2. The third kappa shape index (κ3) is 4.34. The molecular formula is C29H31N2S2+. The number of hydrogen-bond donors (Lipinski definition) is 0. The van der Waals surface area contributed by atoms with E-state index >= 15 is 0 Å². The highest BCUT2D eigenvalue weighted by Crippen LogP contribution is 2.45. The Morgan fingerprint density at radius 2 is 1.79 bits per heavy atom. The maximum absolute atomic E-state index is 2.42. The zero-order valence-electron chi connectivity index (χ0n) is 19.7. The molecule has 1 aliphatic carbocycles. The molecule has 4 heteroatoms. The highest BCUT2D eigenvalue weighted by molar-refractivity contribution is 8.03. The fourth-order valence-electron chi connectivity index (χ4n) is 4.82. The molecule has 0 amide bonds. The Hall–Kier alpha value is -2.56. The summed E-state index contributed by atoms with van der Waals surface area (Å²) in [4.78, 5) is 3.78. The van der Waals surface area contributed by atoms with E-state index < -0.39 is 0 Å². The van der Waals surface area contributed by atoms with Gasteiger partial charge in [0.1, 0.15) is 11.2 Å². The molecule has 1 aromatic heterocycles. The molecule has 0 fully saturated rings. The van der Waals surface area contributed by atoms with Gasteiger partial charge in [0.25, 0.3) is 5.01 Å².